The van der Waals surface area contributed by atoms with Crippen molar-refractivity contribution in [2.24, 2.45) is 4.99 Å². The van der Waals surface area contributed by atoms with Gasteiger partial charge in [-0.1, -0.05) is 86.0 Å². The quantitative estimate of drug-likeness (QED) is 0.446. The number of rotatable bonds is 2. The van der Waals surface area contributed by atoms with Crippen LogP contribution in [0, 0.1) is 10.6 Å². The number of hydrogen-bond acceptors (Lipinski definition) is 4. The molecule has 2 aliphatic carbocycles. The van der Waals surface area contributed by atoms with Crippen LogP contribution in [-0.2, 0) is 0 Å². The summed E-state index contributed by atoms with van der Waals surface area (Å²) in [6.07, 6.45) is 5.51. The third-order valence-electron chi connectivity index (χ3n) is 6.67. The number of benzene rings is 3. The maximum atomic E-state index is 13.7. The average molecular weight is 421 g/mol. The molecule has 1 aliphatic heterocycles. The van der Waals surface area contributed by atoms with Gasteiger partial charge in [0.05, 0.1) is 16.5 Å². The molecule has 4 heteroatoms. The van der Waals surface area contributed by atoms with E-state index in [1.807, 2.05) is 66.7 Å². The monoisotopic (exact) mass is 421 g/mol. The van der Waals surface area contributed by atoms with Gasteiger partial charge < -0.3 is 9.52 Å². The number of hydrogen-bond donors (Lipinski definition) is 1. The van der Waals surface area contributed by atoms with Gasteiger partial charge in [-0.2, -0.15) is 0 Å². The molecule has 1 N–H and O–H groups in total. The van der Waals surface area contributed by atoms with E-state index in [0.717, 1.165) is 41.8 Å². The number of aliphatic hydroxyl groups excluding tert-OH is 1. The number of aliphatic hydroxyl groups is 1. The van der Waals surface area contributed by atoms with E-state index in [1.54, 1.807) is 0 Å². The van der Waals surface area contributed by atoms with Gasteiger partial charge >= 0.3 is 0 Å². The highest BCUT2D eigenvalue weighted by atomic mass is 16.3. The van der Waals surface area contributed by atoms with Crippen molar-refractivity contribution >= 4 is 27.3 Å². The predicted octanol–water partition coefficient (Wildman–Crippen LogP) is 4.78. The number of fused-ring (bicyclic) bond motifs is 1. The van der Waals surface area contributed by atoms with Crippen molar-refractivity contribution in [3.8, 4) is 0 Å². The zero-order valence-corrected chi connectivity index (χ0v) is 17.7. The van der Waals surface area contributed by atoms with Gasteiger partial charge in [-0.05, 0) is 18.2 Å². The van der Waals surface area contributed by atoms with Crippen molar-refractivity contribution in [2.45, 2.75) is 38.1 Å². The van der Waals surface area contributed by atoms with Crippen LogP contribution in [0.2, 0.25) is 0 Å². The largest absolute Gasteiger partial charge is 0.506 e. The zero-order valence-electron chi connectivity index (χ0n) is 17.7. The SMILES string of the molecule is O=c1c2/c(=C(\O)c3ccccc3)c(=NC3CCCCC3)oc=2c2cccc3cccc1c32. The van der Waals surface area contributed by atoms with Gasteiger partial charge in [-0.25, -0.2) is 4.99 Å². The molecule has 3 aliphatic rings. The lowest BCUT2D eigenvalue weighted by atomic mass is 9.96. The fourth-order valence-corrected chi connectivity index (χ4v) is 5.11. The van der Waals surface area contributed by atoms with Crippen LogP contribution in [0.1, 0.15) is 37.7 Å². The van der Waals surface area contributed by atoms with E-state index in [4.69, 9.17) is 9.41 Å². The Bertz CT molecular complexity index is 1670. The molecule has 1 saturated carbocycles. The normalized spacial score (nSPS) is 16.9. The molecule has 0 aromatic heterocycles. The molecule has 0 radical (unpaired) electrons. The first-order valence-electron chi connectivity index (χ1n) is 11.3. The second kappa shape index (κ2) is 7.49. The van der Waals surface area contributed by atoms with E-state index in [0.29, 0.717) is 32.4 Å². The van der Waals surface area contributed by atoms with Crippen LogP contribution in [0.15, 0.2) is 80.9 Å². The summed E-state index contributed by atoms with van der Waals surface area (Å²) in [7, 11) is 0. The van der Waals surface area contributed by atoms with E-state index in [9.17, 15) is 9.90 Å². The summed E-state index contributed by atoms with van der Waals surface area (Å²) < 4.78 is 6.33. The topological polar surface area (TPSA) is 62.8 Å². The average Bonchev–Trinajstić information content (AvgIpc) is 3.22. The van der Waals surface area contributed by atoms with Crippen LogP contribution < -0.4 is 16.2 Å². The maximum absolute atomic E-state index is 13.7. The lowest BCUT2D eigenvalue weighted by molar-refractivity contribution is 0.406. The summed E-state index contributed by atoms with van der Waals surface area (Å²) in [5.74, 6) is 0.0325. The van der Waals surface area contributed by atoms with Crippen LogP contribution in [0.4, 0.5) is 0 Å². The van der Waals surface area contributed by atoms with Gasteiger partial charge in [0.2, 0.25) is 5.55 Å². The molecule has 158 valence electrons. The molecular weight excluding hydrogens is 398 g/mol. The smallest absolute Gasteiger partial charge is 0.227 e. The highest BCUT2D eigenvalue weighted by Gasteiger charge is 2.19. The molecule has 3 aromatic carbocycles. The lowest BCUT2D eigenvalue weighted by Crippen LogP contribution is -2.31. The van der Waals surface area contributed by atoms with E-state index in [2.05, 4.69) is 0 Å². The first-order chi connectivity index (χ1) is 15.7. The zero-order chi connectivity index (χ0) is 21.7. The van der Waals surface area contributed by atoms with E-state index < -0.39 is 0 Å². The molecule has 32 heavy (non-hydrogen) atoms. The molecule has 6 rings (SSSR count). The minimum absolute atomic E-state index is 0.0325. The van der Waals surface area contributed by atoms with E-state index in [1.165, 1.54) is 6.42 Å². The minimum Gasteiger partial charge on any atom is -0.506 e. The Balaban J connectivity index is 1.85. The minimum atomic E-state index is -0.129. The van der Waals surface area contributed by atoms with Crippen LogP contribution in [0.25, 0.3) is 27.3 Å². The predicted molar refractivity (Wildman–Crippen MR) is 126 cm³/mol. The Labute approximate surface area is 184 Å². The molecule has 3 aromatic rings. The van der Waals surface area contributed by atoms with Crippen molar-refractivity contribution < 1.29 is 9.52 Å². The molecule has 0 atom stereocenters. The summed E-state index contributed by atoms with van der Waals surface area (Å²) in [6, 6.07) is 21.2. The molecule has 0 saturated heterocycles. The van der Waals surface area contributed by atoms with Crippen LogP contribution in [0.5, 0.6) is 0 Å². The van der Waals surface area contributed by atoms with E-state index in [-0.39, 0.29) is 17.2 Å². The van der Waals surface area contributed by atoms with E-state index >= 15 is 0 Å². The van der Waals surface area contributed by atoms with Gasteiger partial charge in [-0.3, -0.25) is 4.79 Å². The van der Waals surface area contributed by atoms with Crippen molar-refractivity contribution in [2.75, 3.05) is 0 Å². The van der Waals surface area contributed by atoms with Crippen molar-refractivity contribution in [1.29, 1.82) is 0 Å². The third-order valence-corrected chi connectivity index (χ3v) is 6.67. The molecule has 0 unspecified atom stereocenters. The van der Waals surface area contributed by atoms with Gasteiger partial charge in [-0.15, -0.1) is 0 Å². The van der Waals surface area contributed by atoms with Crippen molar-refractivity contribution in [1.82, 2.24) is 0 Å². The first kappa shape index (κ1) is 19.1. The van der Waals surface area contributed by atoms with Crippen LogP contribution in [-0.4, -0.2) is 11.1 Å². The van der Waals surface area contributed by atoms with Crippen molar-refractivity contribution in [3.05, 3.63) is 104 Å². The summed E-state index contributed by atoms with van der Waals surface area (Å²) in [6.45, 7) is 0. The molecule has 1 fully saturated rings. The summed E-state index contributed by atoms with van der Waals surface area (Å²) in [4.78, 5) is 18.7. The lowest BCUT2D eigenvalue weighted by Gasteiger charge is -2.16. The molecule has 0 spiro atoms. The Morgan fingerprint density at radius 2 is 1.59 bits per heavy atom. The molecular formula is C28H23NO3. The Kier molecular flexibility index (Phi) is 4.46. The summed E-state index contributed by atoms with van der Waals surface area (Å²) in [5.41, 5.74) is 1.38. The standard InChI is InChI=1S/C28H23NO3/c30-25(18-9-3-1-4-10-18)24-23-26(31)20-15-7-11-17-12-8-16-21(22(17)20)27(23)32-28(24)29-19-13-5-2-6-14-19/h1,3-4,7-12,15-16,19,30H,2,5-6,13-14H2/b25-24+,29-28?. The van der Waals surface area contributed by atoms with Gasteiger partial charge in [0.25, 0.3) is 0 Å². The fraction of sp³-hybridized carbons (Fsp3) is 0.214. The van der Waals surface area contributed by atoms with Crippen molar-refractivity contribution in [3.63, 3.8) is 0 Å². The molecule has 4 nitrogen and oxygen atoms in total. The van der Waals surface area contributed by atoms with Gasteiger partial charge in [0.1, 0.15) is 11.2 Å². The summed E-state index contributed by atoms with van der Waals surface area (Å²) in [5, 5.41) is 15.6. The third kappa shape index (κ3) is 2.90. The highest BCUT2D eigenvalue weighted by molar-refractivity contribution is 6.09. The van der Waals surface area contributed by atoms with Gasteiger partial charge in [0, 0.05) is 21.7 Å². The van der Waals surface area contributed by atoms with Crippen LogP contribution >= 0.6 is 0 Å². The highest BCUT2D eigenvalue weighted by Crippen LogP contribution is 2.25. The Hall–Kier alpha value is -3.66. The molecule has 1 heterocycles. The summed E-state index contributed by atoms with van der Waals surface area (Å²) >= 11 is 0. The first-order valence-corrected chi connectivity index (χ1v) is 11.3. The maximum Gasteiger partial charge on any atom is 0.227 e. The van der Waals surface area contributed by atoms with Gasteiger partial charge in [0.15, 0.2) is 5.43 Å². The molecule has 0 amide bonds. The second-order valence-electron chi connectivity index (χ2n) is 8.66. The Morgan fingerprint density at radius 3 is 2.34 bits per heavy atom. The number of nitrogens with zero attached hydrogens (tertiary/aromatic N) is 1. The fourth-order valence-electron chi connectivity index (χ4n) is 5.11. The molecule has 0 bridgehead atoms. The Morgan fingerprint density at radius 1 is 0.875 bits per heavy atom. The second-order valence-corrected chi connectivity index (χ2v) is 8.66. The van der Waals surface area contributed by atoms with Crippen LogP contribution in [0.3, 0.4) is 0 Å².